The Bertz CT molecular complexity index is 7460. The zero-order chi connectivity index (χ0) is 76.8. The molecule has 7 aromatic heterocycles. The first-order valence-electron chi connectivity index (χ1n) is 38.3. The minimum atomic E-state index is 0.513. The highest BCUT2D eigenvalue weighted by molar-refractivity contribution is 6.21. The summed E-state index contributed by atoms with van der Waals surface area (Å²) >= 11 is 0. The topological polar surface area (TPSA) is 168 Å². The molecule has 116 heavy (non-hydrogen) atoms. The molecule has 7 heterocycles. The lowest BCUT2D eigenvalue weighted by molar-refractivity contribution is 0.655. The molecule has 0 aliphatic heterocycles. The number of fused-ring (bicyclic) bond motifs is 11. The predicted octanol–water partition coefficient (Wildman–Crippen LogP) is 25.6. The van der Waals surface area contributed by atoms with E-state index in [0.717, 1.165) is 160 Å². The smallest absolute Gasteiger partial charge is 0.247 e. The van der Waals surface area contributed by atoms with Gasteiger partial charge < -0.3 is 8.83 Å². The molecule has 13 heteroatoms. The van der Waals surface area contributed by atoms with Crippen molar-refractivity contribution >= 4 is 77.0 Å². The fraction of sp³-hybridized carbons (Fsp3) is 0. The highest BCUT2D eigenvalue weighted by atomic mass is 16.3. The second-order valence-corrected chi connectivity index (χ2v) is 28.5. The van der Waals surface area contributed by atoms with E-state index in [1.54, 1.807) is 12.5 Å². The van der Waals surface area contributed by atoms with E-state index in [0.29, 0.717) is 51.8 Å². The van der Waals surface area contributed by atoms with Crippen LogP contribution in [0.15, 0.2) is 392 Å². The van der Waals surface area contributed by atoms with Crippen LogP contribution in [-0.2, 0) is 0 Å². The molecule has 0 saturated carbocycles. The highest BCUT2D eigenvalue weighted by Gasteiger charge is 2.21. The van der Waals surface area contributed by atoms with Gasteiger partial charge in [0.25, 0.3) is 0 Å². The van der Waals surface area contributed by atoms with Gasteiger partial charge in [0.05, 0.1) is 16.3 Å². The average molecular weight is 1490 g/mol. The van der Waals surface area contributed by atoms with E-state index in [9.17, 15) is 0 Å². The molecule has 0 bridgehead atoms. The Kier molecular flexibility index (Phi) is 17.2. The van der Waals surface area contributed by atoms with E-state index in [1.807, 2.05) is 115 Å². The fourth-order valence-electron chi connectivity index (χ4n) is 15.4. The van der Waals surface area contributed by atoms with Gasteiger partial charge in [-0.1, -0.05) is 315 Å². The monoisotopic (exact) mass is 1490 g/mol. The zero-order valence-corrected chi connectivity index (χ0v) is 62.1. The van der Waals surface area contributed by atoms with Crippen molar-refractivity contribution in [3.05, 3.63) is 383 Å². The summed E-state index contributed by atoms with van der Waals surface area (Å²) in [5.74, 6) is 3.77. The molecule has 0 N–H and O–H groups in total. The molecule has 0 amide bonds. The standard InChI is InChI=1S/C53H33N5O.C50H30N6O/c1-3-9-34(10-4-1)35-21-27-42(28-22-35)52-56-51(41-11-5-2-6-12-41)57-53(58-52)43-29-23-39(24-30-43)37-17-15-36(16-18-37)38-19-25-40(26-20-38)46-31-44-32-54-33-55-49(44)48-45-13-7-8-14-47(45)59-50(46)48;1-3-10-31(11-4-1)32-19-21-34(22-20-32)47-54-46(33-12-5-2-6-13-33)55-48(56-47)40-17-8-16-37(30-40)35-14-7-15-36(28-35)38-23-25-41-39(29-38)24-26-43-44(41)45-50(57-43)52-42-18-9-27-51-49(42)53-45/h1-33H;1-30H. The maximum Gasteiger partial charge on any atom is 0.247 e. The van der Waals surface area contributed by atoms with Crippen LogP contribution in [0.4, 0.5) is 0 Å². The molecule has 22 rings (SSSR count). The Morgan fingerprint density at radius 2 is 0.629 bits per heavy atom. The SMILES string of the molecule is c1ccc(-c2ccc(-c3nc(-c4ccccc4)nc(-c4ccc(-c5ccc(-c6ccc(-c7cc8cncnc8c8c7oc7ccccc78)cc6)cc5)cc4)n3)cc2)cc1.c1ccc(-c2ccc(-c3nc(-c4ccccc4)nc(-c4cccc(-c5cccc(-c6ccc7c(ccc8oc9nc%10cccnc%10nc9c87)c6)c5)c4)n3)cc2)cc1. The first-order valence-corrected chi connectivity index (χ1v) is 38.3. The van der Waals surface area contributed by atoms with E-state index < -0.39 is 0 Å². The van der Waals surface area contributed by atoms with Gasteiger partial charge >= 0.3 is 0 Å². The van der Waals surface area contributed by atoms with Gasteiger partial charge in [0.1, 0.15) is 34.1 Å². The first kappa shape index (κ1) is 68.1. The van der Waals surface area contributed by atoms with Gasteiger partial charge in [0.2, 0.25) is 5.71 Å². The third-order valence-electron chi connectivity index (χ3n) is 21.3. The van der Waals surface area contributed by atoms with Crippen LogP contribution >= 0.6 is 0 Å². The second-order valence-electron chi connectivity index (χ2n) is 28.5. The third-order valence-corrected chi connectivity index (χ3v) is 21.3. The summed E-state index contributed by atoms with van der Waals surface area (Å²) in [7, 11) is 0. The van der Waals surface area contributed by atoms with Gasteiger partial charge in [-0.25, -0.2) is 54.8 Å². The van der Waals surface area contributed by atoms with Gasteiger partial charge in [-0.05, 0) is 132 Å². The average Bonchev–Trinajstić information content (AvgIpc) is 1.58. The number of nitrogens with zero attached hydrogens (tertiary/aromatic N) is 11. The van der Waals surface area contributed by atoms with Gasteiger partial charge in [0.15, 0.2) is 40.6 Å². The summed E-state index contributed by atoms with van der Waals surface area (Å²) in [5, 5.41) is 6.14. The van der Waals surface area contributed by atoms with Crippen molar-refractivity contribution < 1.29 is 8.83 Å². The molecule has 0 radical (unpaired) electrons. The van der Waals surface area contributed by atoms with Crippen LogP contribution in [0.2, 0.25) is 0 Å². The minimum Gasteiger partial charge on any atom is -0.455 e. The van der Waals surface area contributed by atoms with Crippen LogP contribution in [0.5, 0.6) is 0 Å². The van der Waals surface area contributed by atoms with Gasteiger partial charge in [0, 0.05) is 62.1 Å². The van der Waals surface area contributed by atoms with E-state index in [4.69, 9.17) is 48.7 Å². The van der Waals surface area contributed by atoms with Crippen LogP contribution in [0.1, 0.15) is 0 Å². The number of aromatic nitrogens is 11. The Balaban J connectivity index is 0.000000145. The van der Waals surface area contributed by atoms with Crippen LogP contribution in [0, 0.1) is 0 Å². The number of furan rings is 2. The Hall–Kier alpha value is -16.0. The molecule has 0 saturated heterocycles. The first-order chi connectivity index (χ1) is 57.4. The lowest BCUT2D eigenvalue weighted by Crippen LogP contribution is -2.00. The molecule has 13 nitrogen and oxygen atoms in total. The largest absolute Gasteiger partial charge is 0.455 e. The summed E-state index contributed by atoms with van der Waals surface area (Å²) in [5.41, 5.74) is 27.0. The number of hydrogen-bond donors (Lipinski definition) is 0. The Morgan fingerprint density at radius 3 is 1.15 bits per heavy atom. The van der Waals surface area contributed by atoms with Crippen LogP contribution in [0.3, 0.4) is 0 Å². The quantitative estimate of drug-likeness (QED) is 0.107. The lowest BCUT2D eigenvalue weighted by Gasteiger charge is -2.11. The number of para-hydroxylation sites is 1. The summed E-state index contributed by atoms with van der Waals surface area (Å²) < 4.78 is 12.6. The normalized spacial score (nSPS) is 11.4. The maximum absolute atomic E-state index is 6.44. The van der Waals surface area contributed by atoms with Crippen LogP contribution < -0.4 is 0 Å². The van der Waals surface area contributed by atoms with Crippen LogP contribution in [-0.4, -0.2) is 54.8 Å². The van der Waals surface area contributed by atoms with Crippen molar-refractivity contribution in [2.45, 2.75) is 0 Å². The molecule has 0 atom stereocenters. The van der Waals surface area contributed by atoms with Crippen molar-refractivity contribution in [1.29, 1.82) is 0 Å². The number of pyridine rings is 1. The van der Waals surface area contributed by atoms with Gasteiger partial charge in [-0.15, -0.1) is 0 Å². The number of rotatable bonds is 13. The number of hydrogen-bond acceptors (Lipinski definition) is 13. The van der Waals surface area contributed by atoms with Crippen molar-refractivity contribution in [2.75, 3.05) is 0 Å². The summed E-state index contributed by atoms with van der Waals surface area (Å²) in [6.07, 6.45) is 5.20. The molecule has 15 aromatic carbocycles. The molecular weight excluding hydrogens is 1420 g/mol. The summed E-state index contributed by atoms with van der Waals surface area (Å²) in [6, 6.07) is 125. The van der Waals surface area contributed by atoms with Crippen molar-refractivity contribution in [3.8, 4) is 146 Å². The second kappa shape index (κ2) is 29.4. The zero-order valence-electron chi connectivity index (χ0n) is 62.1. The van der Waals surface area contributed by atoms with E-state index in [1.165, 1.54) is 11.1 Å². The Morgan fingerprint density at radius 1 is 0.224 bits per heavy atom. The van der Waals surface area contributed by atoms with Crippen molar-refractivity contribution in [1.82, 2.24) is 54.8 Å². The van der Waals surface area contributed by atoms with Crippen molar-refractivity contribution in [2.24, 2.45) is 0 Å². The number of benzene rings is 15. The molecule has 0 spiro atoms. The third kappa shape index (κ3) is 13.1. The predicted molar refractivity (Wildman–Crippen MR) is 466 cm³/mol. The van der Waals surface area contributed by atoms with E-state index in [-0.39, 0.29) is 0 Å². The van der Waals surface area contributed by atoms with Crippen LogP contribution in [0.25, 0.3) is 223 Å². The summed E-state index contributed by atoms with van der Waals surface area (Å²) in [4.78, 5) is 52.7. The minimum absolute atomic E-state index is 0.513. The van der Waals surface area contributed by atoms with Gasteiger partial charge in [-0.3, -0.25) is 0 Å². The van der Waals surface area contributed by atoms with E-state index >= 15 is 0 Å². The van der Waals surface area contributed by atoms with Crippen molar-refractivity contribution in [3.63, 3.8) is 0 Å². The molecule has 0 aliphatic carbocycles. The fourth-order valence-corrected chi connectivity index (χ4v) is 15.4. The van der Waals surface area contributed by atoms with Gasteiger partial charge in [-0.2, -0.15) is 0 Å². The molecular formula is C103H63N11O2. The lowest BCUT2D eigenvalue weighted by atomic mass is 9.96. The highest BCUT2D eigenvalue weighted by Crippen LogP contribution is 2.43. The molecule has 0 unspecified atom stereocenters. The molecule has 542 valence electrons. The molecule has 0 fully saturated rings. The summed E-state index contributed by atoms with van der Waals surface area (Å²) in [6.45, 7) is 0. The Labute approximate surface area is 665 Å². The molecule has 0 aliphatic rings. The van der Waals surface area contributed by atoms with E-state index in [2.05, 4.69) is 270 Å². The molecule has 22 aromatic rings. The maximum atomic E-state index is 6.44.